The molecule has 0 saturated carbocycles. The topological polar surface area (TPSA) is 20.2 Å². The lowest BCUT2D eigenvalue weighted by Crippen LogP contribution is -1.71. The average molecular weight is 180 g/mol. The van der Waals surface area contributed by atoms with E-state index in [2.05, 4.69) is 35.5 Å². The molecule has 0 aliphatic heterocycles. The van der Waals surface area contributed by atoms with Crippen molar-refractivity contribution in [2.75, 3.05) is 0 Å². The van der Waals surface area contributed by atoms with Crippen LogP contribution in [-0.2, 0) is 0 Å². The molecule has 1 nitrogen and oxygen atoms in total. The van der Waals surface area contributed by atoms with Gasteiger partial charge in [-0.25, -0.2) is 0 Å². The number of phenols is 1. The fourth-order valence-corrected chi connectivity index (χ4v) is 0.812. The average Bonchev–Trinajstić information content (AvgIpc) is 2.18. The van der Waals surface area contributed by atoms with Crippen molar-refractivity contribution in [3.05, 3.63) is 29.8 Å². The van der Waals surface area contributed by atoms with E-state index < -0.39 is 0 Å². The van der Waals surface area contributed by atoms with Gasteiger partial charge in [0.2, 0.25) is 0 Å². The van der Waals surface area contributed by atoms with E-state index in [-0.39, 0.29) is 5.75 Å². The Hall–Kier alpha value is -2.30. The quantitative estimate of drug-likeness (QED) is 0.603. The summed E-state index contributed by atoms with van der Waals surface area (Å²) >= 11 is 0. The molecule has 66 valence electrons. The fourth-order valence-electron chi connectivity index (χ4n) is 0.812. The van der Waals surface area contributed by atoms with Crippen LogP contribution in [0.5, 0.6) is 5.75 Å². The predicted octanol–water partition coefficient (Wildman–Crippen LogP) is 1.77. The number of benzene rings is 1. The molecule has 1 N–H and O–H groups in total. The third-order valence-electron chi connectivity index (χ3n) is 1.37. The molecule has 0 radical (unpaired) electrons. The van der Waals surface area contributed by atoms with E-state index in [1.54, 1.807) is 31.2 Å². The van der Waals surface area contributed by atoms with Crippen LogP contribution in [0.1, 0.15) is 12.5 Å². The van der Waals surface area contributed by atoms with Crippen LogP contribution in [0.25, 0.3) is 0 Å². The van der Waals surface area contributed by atoms with Gasteiger partial charge in [-0.1, -0.05) is 17.9 Å². The van der Waals surface area contributed by atoms with Gasteiger partial charge in [0.1, 0.15) is 5.75 Å². The molecule has 0 spiro atoms. The Morgan fingerprint density at radius 1 is 1.07 bits per heavy atom. The first-order valence-electron chi connectivity index (χ1n) is 4.04. The molecule has 0 unspecified atom stereocenters. The largest absolute Gasteiger partial charge is 0.508 e. The zero-order valence-corrected chi connectivity index (χ0v) is 7.76. The predicted molar refractivity (Wildman–Crippen MR) is 56.2 cm³/mol. The van der Waals surface area contributed by atoms with Crippen molar-refractivity contribution < 1.29 is 5.11 Å². The van der Waals surface area contributed by atoms with Gasteiger partial charge in [-0.05, 0) is 48.8 Å². The van der Waals surface area contributed by atoms with E-state index in [1.165, 1.54) is 0 Å². The van der Waals surface area contributed by atoms with Crippen LogP contribution >= 0.6 is 0 Å². The summed E-state index contributed by atoms with van der Waals surface area (Å²) in [5.74, 6) is 16.0. The highest BCUT2D eigenvalue weighted by Gasteiger charge is 1.87. The zero-order chi connectivity index (χ0) is 10.2. The maximum Gasteiger partial charge on any atom is 0.116 e. The molecule has 0 aliphatic carbocycles. The molecule has 0 fully saturated rings. The Morgan fingerprint density at radius 2 is 1.86 bits per heavy atom. The van der Waals surface area contributed by atoms with Crippen LogP contribution in [-0.4, -0.2) is 5.11 Å². The molecule has 1 aromatic carbocycles. The van der Waals surface area contributed by atoms with Gasteiger partial charge in [0.05, 0.1) is 0 Å². The maximum atomic E-state index is 9.13. The van der Waals surface area contributed by atoms with E-state index in [0.717, 1.165) is 5.56 Å². The number of aromatic hydroxyl groups is 1. The number of rotatable bonds is 0. The number of hydrogen-bond acceptors (Lipinski definition) is 1. The van der Waals surface area contributed by atoms with Crippen molar-refractivity contribution in [1.29, 1.82) is 0 Å². The lowest BCUT2D eigenvalue weighted by molar-refractivity contribution is 0.475. The van der Waals surface area contributed by atoms with Crippen molar-refractivity contribution in [1.82, 2.24) is 0 Å². The normalized spacial score (nSPS) is 6.93. The van der Waals surface area contributed by atoms with Crippen molar-refractivity contribution in [2.45, 2.75) is 6.92 Å². The van der Waals surface area contributed by atoms with E-state index in [0.29, 0.717) is 0 Å². The second-order valence-corrected chi connectivity index (χ2v) is 2.43. The van der Waals surface area contributed by atoms with E-state index in [9.17, 15) is 0 Å². The van der Waals surface area contributed by atoms with Gasteiger partial charge in [-0.2, -0.15) is 0 Å². The summed E-state index contributed by atoms with van der Waals surface area (Å²) in [4.78, 5) is 0. The molecule has 0 bridgehead atoms. The molecule has 0 aromatic heterocycles. The van der Waals surface area contributed by atoms with Gasteiger partial charge in [0, 0.05) is 5.56 Å². The Labute approximate surface area is 83.8 Å². The summed E-state index contributed by atoms with van der Waals surface area (Å²) in [6, 6.07) is 6.72. The second-order valence-electron chi connectivity index (χ2n) is 2.43. The SMILES string of the molecule is CC#CC#CC#Cc1cccc(O)c1. The van der Waals surface area contributed by atoms with Gasteiger partial charge in [-0.3, -0.25) is 0 Å². The Morgan fingerprint density at radius 3 is 2.57 bits per heavy atom. The lowest BCUT2D eigenvalue weighted by atomic mass is 10.2. The lowest BCUT2D eigenvalue weighted by Gasteiger charge is -1.89. The van der Waals surface area contributed by atoms with Gasteiger partial charge >= 0.3 is 0 Å². The van der Waals surface area contributed by atoms with Gasteiger partial charge < -0.3 is 5.11 Å². The third-order valence-corrected chi connectivity index (χ3v) is 1.37. The molecular weight excluding hydrogens is 172 g/mol. The standard InChI is InChI=1S/C13H8O/c1-2-3-4-5-6-8-12-9-7-10-13(14)11-12/h7,9-11,14H,1H3. The van der Waals surface area contributed by atoms with Crippen LogP contribution in [0, 0.1) is 35.5 Å². The highest BCUT2D eigenvalue weighted by molar-refractivity contribution is 5.44. The molecule has 0 aliphatic rings. The van der Waals surface area contributed by atoms with Crippen LogP contribution in [0.2, 0.25) is 0 Å². The van der Waals surface area contributed by atoms with Gasteiger partial charge in [0.15, 0.2) is 0 Å². The second kappa shape index (κ2) is 5.36. The summed E-state index contributed by atoms with van der Waals surface area (Å²) in [7, 11) is 0. The van der Waals surface area contributed by atoms with Crippen molar-refractivity contribution in [3.8, 4) is 41.3 Å². The van der Waals surface area contributed by atoms with Crippen LogP contribution in [0.4, 0.5) is 0 Å². The summed E-state index contributed by atoms with van der Waals surface area (Å²) < 4.78 is 0. The highest BCUT2D eigenvalue weighted by atomic mass is 16.3. The minimum Gasteiger partial charge on any atom is -0.508 e. The molecule has 0 heterocycles. The molecule has 14 heavy (non-hydrogen) atoms. The summed E-state index contributed by atoms with van der Waals surface area (Å²) in [5.41, 5.74) is 0.740. The maximum absolute atomic E-state index is 9.13. The molecule has 1 rings (SSSR count). The Balaban J connectivity index is 2.78. The molecule has 0 amide bonds. The summed E-state index contributed by atoms with van der Waals surface area (Å²) in [5, 5.41) is 9.13. The first kappa shape index (κ1) is 9.79. The monoisotopic (exact) mass is 180 g/mol. The molecule has 1 heteroatoms. The van der Waals surface area contributed by atoms with Crippen LogP contribution in [0.15, 0.2) is 24.3 Å². The Bertz CT molecular complexity index is 493. The Kier molecular flexibility index (Phi) is 3.75. The number of hydrogen-bond donors (Lipinski definition) is 1. The first-order chi connectivity index (χ1) is 6.83. The van der Waals surface area contributed by atoms with E-state index in [4.69, 9.17) is 5.11 Å². The van der Waals surface area contributed by atoms with E-state index >= 15 is 0 Å². The zero-order valence-electron chi connectivity index (χ0n) is 7.76. The molecule has 1 aromatic rings. The highest BCUT2D eigenvalue weighted by Crippen LogP contribution is 2.08. The van der Waals surface area contributed by atoms with Crippen LogP contribution in [0.3, 0.4) is 0 Å². The van der Waals surface area contributed by atoms with Gasteiger partial charge in [-0.15, -0.1) is 0 Å². The van der Waals surface area contributed by atoms with Crippen molar-refractivity contribution in [2.24, 2.45) is 0 Å². The first-order valence-corrected chi connectivity index (χ1v) is 4.04. The minimum absolute atomic E-state index is 0.207. The van der Waals surface area contributed by atoms with Crippen molar-refractivity contribution in [3.63, 3.8) is 0 Å². The van der Waals surface area contributed by atoms with Crippen molar-refractivity contribution >= 4 is 0 Å². The third kappa shape index (κ3) is 3.40. The molecule has 0 atom stereocenters. The smallest absolute Gasteiger partial charge is 0.116 e. The molecular formula is C13H8O. The minimum atomic E-state index is 0.207. The van der Waals surface area contributed by atoms with Gasteiger partial charge in [0.25, 0.3) is 0 Å². The number of phenolic OH excluding ortho intramolecular Hbond substituents is 1. The summed E-state index contributed by atoms with van der Waals surface area (Å²) in [6.07, 6.45) is 0. The molecule has 0 saturated heterocycles. The fraction of sp³-hybridized carbons (Fsp3) is 0.0769. The van der Waals surface area contributed by atoms with Crippen LogP contribution < -0.4 is 0 Å². The summed E-state index contributed by atoms with van der Waals surface area (Å²) in [6.45, 7) is 1.72. The van der Waals surface area contributed by atoms with E-state index in [1.807, 2.05) is 0 Å².